The van der Waals surface area contributed by atoms with Crippen molar-refractivity contribution < 1.29 is 0 Å². The summed E-state index contributed by atoms with van der Waals surface area (Å²) in [6.45, 7) is 2.07. The molecule has 0 aliphatic rings. The fourth-order valence-electron chi connectivity index (χ4n) is 1.03. The van der Waals surface area contributed by atoms with Crippen LogP contribution in [0.4, 0.5) is 0 Å². The summed E-state index contributed by atoms with van der Waals surface area (Å²) in [6.07, 6.45) is 2.11. The summed E-state index contributed by atoms with van der Waals surface area (Å²) in [6, 6.07) is 10.5. The minimum atomic E-state index is 0.982. The predicted molar refractivity (Wildman–Crippen MR) is 64.1 cm³/mol. The first kappa shape index (κ1) is 11.0. The molecule has 3 heteroatoms. The molecule has 1 N–H and O–H groups in total. The molecule has 1 nitrogen and oxygen atoms in total. The first-order valence-corrected chi connectivity index (χ1v) is 7.06. The Morgan fingerprint density at radius 2 is 2.00 bits per heavy atom. The van der Waals surface area contributed by atoms with Crippen LogP contribution in [0.25, 0.3) is 0 Å². The molecule has 0 atom stereocenters. The van der Waals surface area contributed by atoms with Crippen LogP contribution in [-0.2, 0) is 6.54 Å². The molecular formula is C10H15NS2. The van der Waals surface area contributed by atoms with Gasteiger partial charge in [0.15, 0.2) is 0 Å². The summed E-state index contributed by atoms with van der Waals surface area (Å²) in [5.41, 5.74) is 1.36. The zero-order chi connectivity index (χ0) is 9.36. The first-order valence-electron chi connectivity index (χ1n) is 4.33. The van der Waals surface area contributed by atoms with Gasteiger partial charge in [-0.15, -0.1) is 0 Å². The standard InChI is InChI=1S/C10H15NS2/c1-12-13-8-7-11-9-10-5-3-2-4-6-10/h2-6,11H,7-9H2,1H3. The van der Waals surface area contributed by atoms with Crippen molar-refractivity contribution in [2.75, 3.05) is 18.6 Å². The van der Waals surface area contributed by atoms with Crippen molar-refractivity contribution in [1.29, 1.82) is 0 Å². The van der Waals surface area contributed by atoms with Gasteiger partial charge in [0.1, 0.15) is 0 Å². The Labute approximate surface area is 88.1 Å². The van der Waals surface area contributed by atoms with Crippen LogP contribution in [0.3, 0.4) is 0 Å². The van der Waals surface area contributed by atoms with Gasteiger partial charge in [-0.25, -0.2) is 0 Å². The molecule has 0 bridgehead atoms. The Bertz CT molecular complexity index is 213. The van der Waals surface area contributed by atoms with Gasteiger partial charge in [0, 0.05) is 18.8 Å². The van der Waals surface area contributed by atoms with Crippen molar-refractivity contribution >= 4 is 21.6 Å². The van der Waals surface area contributed by atoms with Crippen molar-refractivity contribution in [1.82, 2.24) is 5.32 Å². The largest absolute Gasteiger partial charge is 0.312 e. The van der Waals surface area contributed by atoms with Crippen LogP contribution in [0.5, 0.6) is 0 Å². The van der Waals surface area contributed by atoms with Crippen LogP contribution >= 0.6 is 21.6 Å². The van der Waals surface area contributed by atoms with Gasteiger partial charge in [-0.05, 0) is 11.8 Å². The highest BCUT2D eigenvalue weighted by atomic mass is 33.1. The second-order valence-corrected chi connectivity index (χ2v) is 5.34. The molecule has 0 aliphatic carbocycles. The van der Waals surface area contributed by atoms with Crippen LogP contribution in [0.2, 0.25) is 0 Å². The van der Waals surface area contributed by atoms with Gasteiger partial charge in [-0.2, -0.15) is 0 Å². The quantitative estimate of drug-likeness (QED) is 0.576. The molecule has 0 aromatic heterocycles. The Morgan fingerprint density at radius 3 is 2.69 bits per heavy atom. The van der Waals surface area contributed by atoms with Gasteiger partial charge in [0.2, 0.25) is 0 Å². The smallest absolute Gasteiger partial charge is 0.0205 e. The van der Waals surface area contributed by atoms with Crippen molar-refractivity contribution in [3.63, 3.8) is 0 Å². The van der Waals surface area contributed by atoms with Gasteiger partial charge in [0.25, 0.3) is 0 Å². The lowest BCUT2D eigenvalue weighted by Gasteiger charge is -2.03. The maximum atomic E-state index is 3.40. The number of hydrogen-bond donors (Lipinski definition) is 1. The molecule has 0 unspecified atom stereocenters. The second-order valence-electron chi connectivity index (χ2n) is 2.65. The molecule has 0 heterocycles. The maximum Gasteiger partial charge on any atom is 0.0205 e. The Hall–Kier alpha value is -0.120. The zero-order valence-corrected chi connectivity index (χ0v) is 9.46. The molecule has 0 spiro atoms. The van der Waals surface area contributed by atoms with Crippen LogP contribution < -0.4 is 5.32 Å². The summed E-state index contributed by atoms with van der Waals surface area (Å²) < 4.78 is 0. The van der Waals surface area contributed by atoms with E-state index in [1.807, 2.05) is 27.7 Å². The highest BCUT2D eigenvalue weighted by Gasteiger charge is 1.90. The Balaban J connectivity index is 2.07. The van der Waals surface area contributed by atoms with Crippen LogP contribution in [-0.4, -0.2) is 18.6 Å². The summed E-state index contributed by atoms with van der Waals surface area (Å²) >= 11 is 0. The fourth-order valence-corrected chi connectivity index (χ4v) is 2.17. The van der Waals surface area contributed by atoms with E-state index < -0.39 is 0 Å². The maximum absolute atomic E-state index is 3.40. The average molecular weight is 213 g/mol. The molecule has 0 radical (unpaired) electrons. The molecular weight excluding hydrogens is 198 g/mol. The van der Waals surface area contributed by atoms with E-state index in [1.165, 1.54) is 11.3 Å². The van der Waals surface area contributed by atoms with Gasteiger partial charge < -0.3 is 5.32 Å². The molecule has 0 fully saturated rings. The van der Waals surface area contributed by atoms with Crippen molar-refractivity contribution in [3.05, 3.63) is 35.9 Å². The van der Waals surface area contributed by atoms with E-state index >= 15 is 0 Å². The SMILES string of the molecule is CSSCCNCc1ccccc1. The number of rotatable bonds is 6. The number of nitrogens with one attached hydrogen (secondary N) is 1. The minimum Gasteiger partial charge on any atom is -0.312 e. The van der Waals surface area contributed by atoms with E-state index in [0.717, 1.165) is 13.1 Å². The van der Waals surface area contributed by atoms with Crippen LogP contribution in [0.15, 0.2) is 30.3 Å². The molecule has 13 heavy (non-hydrogen) atoms. The predicted octanol–water partition coefficient (Wildman–Crippen LogP) is 2.79. The van der Waals surface area contributed by atoms with Gasteiger partial charge in [-0.1, -0.05) is 51.9 Å². The van der Waals surface area contributed by atoms with Crippen molar-refractivity contribution in [2.45, 2.75) is 6.54 Å². The molecule has 1 aromatic carbocycles. The summed E-state index contributed by atoms with van der Waals surface area (Å²) in [7, 11) is 3.72. The third-order valence-electron chi connectivity index (χ3n) is 1.65. The highest BCUT2D eigenvalue weighted by Crippen LogP contribution is 2.14. The molecule has 0 saturated carbocycles. The molecule has 0 amide bonds. The normalized spacial score (nSPS) is 10.2. The van der Waals surface area contributed by atoms with E-state index in [4.69, 9.17) is 0 Å². The van der Waals surface area contributed by atoms with Crippen LogP contribution in [0, 0.1) is 0 Å². The van der Waals surface area contributed by atoms with E-state index in [9.17, 15) is 0 Å². The van der Waals surface area contributed by atoms with E-state index in [2.05, 4.69) is 35.8 Å². The minimum absolute atomic E-state index is 0.982. The van der Waals surface area contributed by atoms with Gasteiger partial charge in [-0.3, -0.25) is 0 Å². The molecule has 72 valence electrons. The lowest BCUT2D eigenvalue weighted by atomic mass is 10.2. The topological polar surface area (TPSA) is 12.0 Å². The average Bonchev–Trinajstić information content (AvgIpc) is 2.19. The highest BCUT2D eigenvalue weighted by molar-refractivity contribution is 8.76. The van der Waals surface area contributed by atoms with E-state index in [1.54, 1.807) is 0 Å². The van der Waals surface area contributed by atoms with Crippen molar-refractivity contribution in [2.24, 2.45) is 0 Å². The lowest BCUT2D eigenvalue weighted by molar-refractivity contribution is 0.733. The molecule has 1 rings (SSSR count). The number of benzene rings is 1. The fraction of sp³-hybridized carbons (Fsp3) is 0.400. The first-order chi connectivity index (χ1) is 6.43. The molecule has 0 aliphatic heterocycles. The van der Waals surface area contributed by atoms with Gasteiger partial charge >= 0.3 is 0 Å². The third-order valence-corrected chi connectivity index (χ3v) is 3.47. The summed E-state index contributed by atoms with van der Waals surface area (Å²) in [4.78, 5) is 0. The Kier molecular flexibility index (Phi) is 6.15. The van der Waals surface area contributed by atoms with E-state index in [0.29, 0.717) is 0 Å². The van der Waals surface area contributed by atoms with Crippen molar-refractivity contribution in [3.8, 4) is 0 Å². The summed E-state index contributed by atoms with van der Waals surface area (Å²) in [5.74, 6) is 1.17. The third kappa shape index (κ3) is 5.24. The monoisotopic (exact) mass is 213 g/mol. The summed E-state index contributed by atoms with van der Waals surface area (Å²) in [5, 5.41) is 3.40. The van der Waals surface area contributed by atoms with Gasteiger partial charge in [0.05, 0.1) is 0 Å². The van der Waals surface area contributed by atoms with Crippen LogP contribution in [0.1, 0.15) is 5.56 Å². The second kappa shape index (κ2) is 7.30. The zero-order valence-electron chi connectivity index (χ0n) is 7.82. The molecule has 1 aromatic rings. The number of hydrogen-bond acceptors (Lipinski definition) is 3. The Morgan fingerprint density at radius 1 is 1.23 bits per heavy atom. The van der Waals surface area contributed by atoms with E-state index in [-0.39, 0.29) is 0 Å². The lowest BCUT2D eigenvalue weighted by Crippen LogP contribution is -2.15. The molecule has 0 saturated heterocycles.